The SMILES string of the molecule is c1ccc(-n2c3ccc(-c4ccc5oc6ccccc6c5c4)cc3c3cc(-c4ccccc4-c4ccc5c(c4)c4cc(-c6ccc7oc8ccccc8c7c6)ccc4n5-c4ccccc4)ccc32)cc1. The number of nitrogens with zero attached hydrogens (tertiary/aromatic N) is 2. The molecule has 4 aromatic heterocycles. The first-order valence-corrected chi connectivity index (χ1v) is 23.9. The zero-order valence-electron chi connectivity index (χ0n) is 37.8. The highest BCUT2D eigenvalue weighted by Gasteiger charge is 2.19. The molecule has 0 spiro atoms. The summed E-state index contributed by atoms with van der Waals surface area (Å²) in [5.74, 6) is 0. The Kier molecular flexibility index (Phi) is 8.33. The molecule has 15 aromatic rings. The van der Waals surface area contributed by atoms with Gasteiger partial charge in [0.05, 0.1) is 22.1 Å². The van der Waals surface area contributed by atoms with Gasteiger partial charge in [-0.15, -0.1) is 0 Å². The first kappa shape index (κ1) is 38.7. The van der Waals surface area contributed by atoms with Crippen molar-refractivity contribution in [2.75, 3.05) is 0 Å². The molecule has 4 nitrogen and oxygen atoms in total. The van der Waals surface area contributed by atoms with E-state index in [1.807, 2.05) is 24.3 Å². The van der Waals surface area contributed by atoms with E-state index < -0.39 is 0 Å². The van der Waals surface area contributed by atoms with E-state index in [1.165, 1.54) is 77.0 Å². The average molecular weight is 893 g/mol. The largest absolute Gasteiger partial charge is 0.456 e. The number of hydrogen-bond acceptors (Lipinski definition) is 2. The predicted octanol–water partition coefficient (Wildman–Crippen LogP) is 18.3. The van der Waals surface area contributed by atoms with Crippen molar-refractivity contribution in [1.82, 2.24) is 9.13 Å². The van der Waals surface area contributed by atoms with E-state index in [1.54, 1.807) is 0 Å². The summed E-state index contributed by atoms with van der Waals surface area (Å²) < 4.78 is 17.2. The minimum Gasteiger partial charge on any atom is -0.456 e. The van der Waals surface area contributed by atoms with Crippen LogP contribution in [0.5, 0.6) is 0 Å². The number of hydrogen-bond donors (Lipinski definition) is 0. The Morgan fingerprint density at radius 2 is 0.514 bits per heavy atom. The van der Waals surface area contributed by atoms with Gasteiger partial charge in [0.25, 0.3) is 0 Å². The second-order valence-corrected chi connectivity index (χ2v) is 18.4. The van der Waals surface area contributed by atoms with Gasteiger partial charge < -0.3 is 18.0 Å². The van der Waals surface area contributed by atoms with Crippen molar-refractivity contribution in [3.05, 3.63) is 243 Å². The van der Waals surface area contributed by atoms with Gasteiger partial charge in [0, 0.05) is 54.5 Å². The van der Waals surface area contributed by atoms with Crippen LogP contribution in [-0.4, -0.2) is 9.13 Å². The molecule has 0 aliphatic heterocycles. The van der Waals surface area contributed by atoms with Crippen LogP contribution >= 0.6 is 0 Å². The molecule has 0 aliphatic rings. The Morgan fingerprint density at radius 3 is 0.929 bits per heavy atom. The molecule has 0 unspecified atom stereocenters. The van der Waals surface area contributed by atoms with Gasteiger partial charge >= 0.3 is 0 Å². The molecule has 70 heavy (non-hydrogen) atoms. The molecule has 0 saturated carbocycles. The number of furan rings is 2. The van der Waals surface area contributed by atoms with Crippen LogP contribution in [0.25, 0.3) is 143 Å². The number of aromatic nitrogens is 2. The Balaban J connectivity index is 0.898. The molecule has 0 amide bonds. The summed E-state index contributed by atoms with van der Waals surface area (Å²) in [6, 6.07) is 87.8. The summed E-state index contributed by atoms with van der Waals surface area (Å²) >= 11 is 0. The van der Waals surface area contributed by atoms with Crippen molar-refractivity contribution in [1.29, 1.82) is 0 Å². The van der Waals surface area contributed by atoms with E-state index in [-0.39, 0.29) is 0 Å². The second kappa shape index (κ2) is 15.1. The lowest BCUT2D eigenvalue weighted by Gasteiger charge is -2.12. The van der Waals surface area contributed by atoms with Gasteiger partial charge in [-0.3, -0.25) is 0 Å². The van der Waals surface area contributed by atoms with Crippen LogP contribution in [0.1, 0.15) is 0 Å². The summed E-state index contributed by atoms with van der Waals surface area (Å²) in [6.45, 7) is 0. The third kappa shape index (κ3) is 5.90. The third-order valence-corrected chi connectivity index (χ3v) is 14.5. The van der Waals surface area contributed by atoms with Crippen molar-refractivity contribution in [2.24, 2.45) is 0 Å². The van der Waals surface area contributed by atoms with Gasteiger partial charge in [-0.2, -0.15) is 0 Å². The second-order valence-electron chi connectivity index (χ2n) is 18.4. The maximum Gasteiger partial charge on any atom is 0.135 e. The van der Waals surface area contributed by atoms with Gasteiger partial charge in [-0.25, -0.2) is 0 Å². The molecule has 11 aromatic carbocycles. The van der Waals surface area contributed by atoms with Crippen LogP contribution in [0.4, 0.5) is 0 Å². The summed E-state index contributed by atoms with van der Waals surface area (Å²) in [5.41, 5.74) is 19.9. The van der Waals surface area contributed by atoms with Crippen molar-refractivity contribution in [3.8, 4) is 55.9 Å². The maximum atomic E-state index is 6.21. The standard InChI is InChI=1S/C66H40N2O2/c1-3-13-47(14-4-1)67-59-29-23-41(43-27-33-65-57(37-43)51-19-9-11-21-63(51)69-65)35-53(59)55-39-45(25-31-61(55)67)49-17-7-8-18-50(49)46-26-32-62-56(40-46)54-36-42(24-30-60(54)68(62)48-15-5-2-6-16-48)44-28-34-66-58(38-44)52-20-10-12-22-64(52)70-66/h1-40H. The number of para-hydroxylation sites is 4. The van der Waals surface area contributed by atoms with E-state index in [0.717, 1.165) is 66.4 Å². The minimum atomic E-state index is 0.901. The molecule has 0 bridgehead atoms. The van der Waals surface area contributed by atoms with Gasteiger partial charge in [0.2, 0.25) is 0 Å². The van der Waals surface area contributed by atoms with Gasteiger partial charge in [-0.05, 0) is 154 Å². The highest BCUT2D eigenvalue weighted by Crippen LogP contribution is 2.43. The van der Waals surface area contributed by atoms with E-state index in [4.69, 9.17) is 8.83 Å². The lowest BCUT2D eigenvalue weighted by atomic mass is 9.92. The Morgan fingerprint density at radius 1 is 0.214 bits per heavy atom. The topological polar surface area (TPSA) is 36.1 Å². The smallest absolute Gasteiger partial charge is 0.135 e. The van der Waals surface area contributed by atoms with Crippen LogP contribution in [0.15, 0.2) is 251 Å². The molecule has 0 fully saturated rings. The van der Waals surface area contributed by atoms with E-state index in [2.05, 4.69) is 228 Å². The predicted molar refractivity (Wildman–Crippen MR) is 291 cm³/mol. The first-order valence-electron chi connectivity index (χ1n) is 23.9. The van der Waals surface area contributed by atoms with Crippen molar-refractivity contribution in [2.45, 2.75) is 0 Å². The molecule has 4 heteroatoms. The molecular weight excluding hydrogens is 853 g/mol. The molecule has 15 rings (SSSR count). The van der Waals surface area contributed by atoms with Gasteiger partial charge in [0.15, 0.2) is 0 Å². The van der Waals surface area contributed by atoms with E-state index >= 15 is 0 Å². The fourth-order valence-electron chi connectivity index (χ4n) is 11.2. The van der Waals surface area contributed by atoms with Crippen LogP contribution in [-0.2, 0) is 0 Å². The van der Waals surface area contributed by atoms with E-state index in [0.29, 0.717) is 0 Å². The zero-order valence-corrected chi connectivity index (χ0v) is 37.8. The molecular formula is C66H40N2O2. The van der Waals surface area contributed by atoms with Crippen molar-refractivity contribution >= 4 is 87.5 Å². The summed E-state index contributed by atoms with van der Waals surface area (Å²) in [7, 11) is 0. The quantitative estimate of drug-likeness (QED) is 0.167. The number of rotatable bonds is 6. The maximum absolute atomic E-state index is 6.21. The Hall–Kier alpha value is -9.38. The number of fused-ring (bicyclic) bond motifs is 12. The van der Waals surface area contributed by atoms with E-state index in [9.17, 15) is 0 Å². The van der Waals surface area contributed by atoms with Crippen LogP contribution in [0.2, 0.25) is 0 Å². The average Bonchev–Trinajstić information content (AvgIpc) is 4.18. The molecule has 0 aliphatic carbocycles. The highest BCUT2D eigenvalue weighted by atomic mass is 16.3. The molecule has 0 radical (unpaired) electrons. The Bertz CT molecular complexity index is 4290. The molecule has 0 saturated heterocycles. The van der Waals surface area contributed by atoms with Crippen molar-refractivity contribution in [3.63, 3.8) is 0 Å². The monoisotopic (exact) mass is 892 g/mol. The lowest BCUT2D eigenvalue weighted by molar-refractivity contribution is 0.668. The third-order valence-electron chi connectivity index (χ3n) is 14.5. The lowest BCUT2D eigenvalue weighted by Crippen LogP contribution is -1.93. The molecule has 326 valence electrons. The minimum absolute atomic E-state index is 0.901. The summed E-state index contributed by atoms with van der Waals surface area (Å²) in [6.07, 6.45) is 0. The summed E-state index contributed by atoms with van der Waals surface area (Å²) in [4.78, 5) is 0. The number of benzene rings is 11. The van der Waals surface area contributed by atoms with Gasteiger partial charge in [0.1, 0.15) is 22.3 Å². The molecule has 0 atom stereocenters. The zero-order chi connectivity index (χ0) is 45.9. The molecule has 4 heterocycles. The van der Waals surface area contributed by atoms with Gasteiger partial charge in [-0.1, -0.05) is 133 Å². The van der Waals surface area contributed by atoms with Crippen LogP contribution in [0, 0.1) is 0 Å². The van der Waals surface area contributed by atoms with Crippen LogP contribution < -0.4 is 0 Å². The van der Waals surface area contributed by atoms with Crippen molar-refractivity contribution < 1.29 is 8.83 Å². The fraction of sp³-hybridized carbons (Fsp3) is 0. The summed E-state index contributed by atoms with van der Waals surface area (Å²) in [5, 5.41) is 9.35. The highest BCUT2D eigenvalue weighted by molar-refractivity contribution is 6.15. The van der Waals surface area contributed by atoms with Crippen LogP contribution in [0.3, 0.4) is 0 Å². The fourth-order valence-corrected chi connectivity index (χ4v) is 11.2. The Labute approximate surface area is 402 Å². The molecule has 0 N–H and O–H groups in total. The first-order chi connectivity index (χ1) is 34.7. The normalized spacial score (nSPS) is 12.0.